The zero-order valence-corrected chi connectivity index (χ0v) is 11.3. The fraction of sp³-hybridized carbons (Fsp3) is 0.692. The first-order valence-electron chi connectivity index (χ1n) is 6.60. The van der Waals surface area contributed by atoms with Crippen molar-refractivity contribution in [2.75, 3.05) is 20.3 Å². The molecule has 2 aliphatic rings. The summed E-state index contributed by atoms with van der Waals surface area (Å²) in [5, 5.41) is 2.61. The monoisotopic (exact) mass is 268 g/mol. The van der Waals surface area contributed by atoms with Gasteiger partial charge in [0.1, 0.15) is 6.23 Å². The van der Waals surface area contributed by atoms with Crippen LogP contribution in [0.2, 0.25) is 0 Å². The van der Waals surface area contributed by atoms with Gasteiger partial charge in [0.15, 0.2) is 0 Å². The van der Waals surface area contributed by atoms with Gasteiger partial charge in [-0.1, -0.05) is 6.92 Å². The fourth-order valence-electron chi connectivity index (χ4n) is 2.35. The third kappa shape index (κ3) is 3.13. The van der Waals surface area contributed by atoms with Gasteiger partial charge in [0.2, 0.25) is 11.8 Å². The van der Waals surface area contributed by atoms with Crippen LogP contribution in [0.15, 0.2) is 11.8 Å². The lowest BCUT2D eigenvalue weighted by molar-refractivity contribution is -0.140. The molecule has 0 aromatic rings. The molecule has 0 spiro atoms. The van der Waals surface area contributed by atoms with Gasteiger partial charge in [-0.25, -0.2) is 0 Å². The average Bonchev–Trinajstić information content (AvgIpc) is 2.80. The Labute approximate surface area is 112 Å². The number of methoxy groups -OCH3 is 1. The third-order valence-electron chi connectivity index (χ3n) is 3.40. The maximum atomic E-state index is 12.0. The molecule has 2 amide bonds. The summed E-state index contributed by atoms with van der Waals surface area (Å²) in [7, 11) is 1.63. The predicted molar refractivity (Wildman–Crippen MR) is 68.0 cm³/mol. The Morgan fingerprint density at radius 3 is 2.95 bits per heavy atom. The molecule has 6 heteroatoms. The van der Waals surface area contributed by atoms with Crippen molar-refractivity contribution in [3.8, 4) is 0 Å². The van der Waals surface area contributed by atoms with Crippen LogP contribution in [0.1, 0.15) is 26.2 Å². The summed E-state index contributed by atoms with van der Waals surface area (Å²) in [6, 6.07) is 0. The number of hydrogen-bond donors (Lipinski definition) is 1. The summed E-state index contributed by atoms with van der Waals surface area (Å²) in [6.07, 6.45) is 3.57. The van der Waals surface area contributed by atoms with E-state index in [9.17, 15) is 9.59 Å². The maximum absolute atomic E-state index is 12.0. The summed E-state index contributed by atoms with van der Waals surface area (Å²) in [6.45, 7) is 2.44. The second kappa shape index (κ2) is 6.16. The quantitative estimate of drug-likeness (QED) is 0.801. The minimum absolute atomic E-state index is 0.0215. The molecule has 0 radical (unpaired) electrons. The molecule has 1 saturated heterocycles. The Balaban J connectivity index is 2.10. The predicted octanol–water partition coefficient (Wildman–Crippen LogP) is 0.390. The normalized spacial score (nSPS) is 28.1. The van der Waals surface area contributed by atoms with E-state index in [1.54, 1.807) is 18.2 Å². The van der Waals surface area contributed by atoms with Gasteiger partial charge >= 0.3 is 0 Å². The molecule has 0 aromatic carbocycles. The Hall–Kier alpha value is -1.40. The van der Waals surface area contributed by atoms with Crippen LogP contribution >= 0.6 is 0 Å². The minimum atomic E-state index is -0.290. The van der Waals surface area contributed by atoms with Crippen LogP contribution in [-0.4, -0.2) is 49.3 Å². The number of hydrogen-bond acceptors (Lipinski definition) is 4. The molecule has 1 N–H and O–H groups in total. The van der Waals surface area contributed by atoms with Crippen LogP contribution in [0.25, 0.3) is 0 Å². The van der Waals surface area contributed by atoms with Gasteiger partial charge in [0.25, 0.3) is 0 Å². The highest BCUT2D eigenvalue weighted by Gasteiger charge is 2.33. The smallest absolute Gasteiger partial charge is 0.249 e. The first-order chi connectivity index (χ1) is 9.15. The number of amides is 2. The van der Waals surface area contributed by atoms with Gasteiger partial charge in [-0.15, -0.1) is 0 Å². The molecule has 106 valence electrons. The summed E-state index contributed by atoms with van der Waals surface area (Å²) < 4.78 is 10.9. The lowest BCUT2D eigenvalue weighted by Gasteiger charge is -2.24. The molecule has 2 rings (SSSR count). The molecule has 2 aliphatic heterocycles. The molecule has 2 heterocycles. The topological polar surface area (TPSA) is 67.9 Å². The van der Waals surface area contributed by atoms with E-state index in [0.717, 1.165) is 12.8 Å². The standard InChI is InChI=1S/C13H20N2O4/c1-3-9-7-15(11(16)6-14-13(9)17)12-5-4-10(19-12)8-18-2/h7,10,12H,3-6,8H2,1-2H3,(H,14,17)/t10-,12+/m0/s1. The van der Waals surface area contributed by atoms with E-state index in [-0.39, 0.29) is 30.7 Å². The van der Waals surface area contributed by atoms with Gasteiger partial charge in [0, 0.05) is 18.9 Å². The number of carbonyl (C=O) groups is 2. The third-order valence-corrected chi connectivity index (χ3v) is 3.40. The molecule has 19 heavy (non-hydrogen) atoms. The molecule has 2 atom stereocenters. The first-order valence-corrected chi connectivity index (χ1v) is 6.60. The van der Waals surface area contributed by atoms with Crippen molar-refractivity contribution in [1.82, 2.24) is 10.2 Å². The summed E-state index contributed by atoms with van der Waals surface area (Å²) in [5.74, 6) is -0.315. The molecule has 1 fully saturated rings. The van der Waals surface area contributed by atoms with Crippen molar-refractivity contribution in [3.05, 3.63) is 11.8 Å². The van der Waals surface area contributed by atoms with Crippen LogP contribution < -0.4 is 5.32 Å². The lowest BCUT2D eigenvalue weighted by Crippen LogP contribution is -2.40. The molecule has 0 saturated carbocycles. The second-order valence-electron chi connectivity index (χ2n) is 4.74. The van der Waals surface area contributed by atoms with Crippen molar-refractivity contribution < 1.29 is 19.1 Å². The van der Waals surface area contributed by atoms with E-state index in [1.807, 2.05) is 6.92 Å². The van der Waals surface area contributed by atoms with E-state index in [1.165, 1.54) is 0 Å². The molecule has 0 bridgehead atoms. The minimum Gasteiger partial charge on any atom is -0.382 e. The lowest BCUT2D eigenvalue weighted by atomic mass is 10.2. The van der Waals surface area contributed by atoms with Gasteiger partial charge in [-0.05, 0) is 19.3 Å². The maximum Gasteiger partial charge on any atom is 0.249 e. The summed E-state index contributed by atoms with van der Waals surface area (Å²) in [4.78, 5) is 25.3. The van der Waals surface area contributed by atoms with E-state index >= 15 is 0 Å². The van der Waals surface area contributed by atoms with E-state index in [2.05, 4.69) is 5.32 Å². The van der Waals surface area contributed by atoms with Crippen molar-refractivity contribution >= 4 is 11.8 Å². The van der Waals surface area contributed by atoms with Crippen LogP contribution in [0.5, 0.6) is 0 Å². The Kier molecular flexibility index (Phi) is 4.55. The van der Waals surface area contributed by atoms with Crippen LogP contribution in [-0.2, 0) is 19.1 Å². The van der Waals surface area contributed by atoms with Crippen LogP contribution in [0.3, 0.4) is 0 Å². The number of nitrogens with one attached hydrogen (secondary N) is 1. The van der Waals surface area contributed by atoms with Gasteiger partial charge in [-0.2, -0.15) is 0 Å². The zero-order valence-electron chi connectivity index (χ0n) is 11.3. The first kappa shape index (κ1) is 14.0. The summed E-state index contributed by atoms with van der Waals surface area (Å²) >= 11 is 0. The Morgan fingerprint density at radius 2 is 2.26 bits per heavy atom. The SMILES string of the molecule is CCC1=CN([C@H]2CC[C@@H](COC)O2)C(=O)CNC1=O. The molecular weight excluding hydrogens is 248 g/mol. The number of ether oxygens (including phenoxy) is 2. The van der Waals surface area contributed by atoms with Crippen molar-refractivity contribution in [1.29, 1.82) is 0 Å². The van der Waals surface area contributed by atoms with Gasteiger partial charge in [0.05, 0.1) is 19.3 Å². The highest BCUT2D eigenvalue weighted by Crippen LogP contribution is 2.24. The van der Waals surface area contributed by atoms with Crippen molar-refractivity contribution in [2.45, 2.75) is 38.5 Å². The molecule has 0 aromatic heterocycles. The molecule has 0 aliphatic carbocycles. The molecule has 6 nitrogen and oxygen atoms in total. The van der Waals surface area contributed by atoms with E-state index < -0.39 is 0 Å². The van der Waals surface area contributed by atoms with Crippen molar-refractivity contribution in [3.63, 3.8) is 0 Å². The van der Waals surface area contributed by atoms with Gasteiger partial charge < -0.3 is 14.8 Å². The Bertz CT molecular complexity index is 394. The second-order valence-corrected chi connectivity index (χ2v) is 4.74. The van der Waals surface area contributed by atoms with Crippen molar-refractivity contribution in [2.24, 2.45) is 0 Å². The molecular formula is C13H20N2O4. The highest BCUT2D eigenvalue weighted by molar-refractivity contribution is 5.98. The molecule has 0 unspecified atom stereocenters. The van der Waals surface area contributed by atoms with Crippen LogP contribution in [0.4, 0.5) is 0 Å². The number of nitrogens with zero attached hydrogens (tertiary/aromatic N) is 1. The zero-order chi connectivity index (χ0) is 13.8. The van der Waals surface area contributed by atoms with E-state index in [4.69, 9.17) is 9.47 Å². The van der Waals surface area contributed by atoms with Crippen LogP contribution in [0, 0.1) is 0 Å². The fourth-order valence-corrected chi connectivity index (χ4v) is 2.35. The van der Waals surface area contributed by atoms with E-state index in [0.29, 0.717) is 18.6 Å². The largest absolute Gasteiger partial charge is 0.382 e. The number of carbonyl (C=O) groups excluding carboxylic acids is 2. The number of rotatable bonds is 4. The van der Waals surface area contributed by atoms with Gasteiger partial charge in [-0.3, -0.25) is 14.5 Å². The summed E-state index contributed by atoms with van der Waals surface area (Å²) in [5.41, 5.74) is 0.602. The average molecular weight is 268 g/mol. The highest BCUT2D eigenvalue weighted by atomic mass is 16.5. The Morgan fingerprint density at radius 1 is 1.47 bits per heavy atom.